The van der Waals surface area contributed by atoms with E-state index in [1.165, 1.54) is 6.08 Å². The van der Waals surface area contributed by atoms with Gasteiger partial charge in [0.2, 0.25) is 0 Å². The van der Waals surface area contributed by atoms with Crippen molar-refractivity contribution < 1.29 is 23.9 Å². The van der Waals surface area contributed by atoms with Gasteiger partial charge in [-0.05, 0) is 42.6 Å². The van der Waals surface area contributed by atoms with Crippen molar-refractivity contribution in [1.29, 1.82) is 0 Å². The van der Waals surface area contributed by atoms with Gasteiger partial charge in [0.1, 0.15) is 18.3 Å². The lowest BCUT2D eigenvalue weighted by Gasteiger charge is -2.57. The van der Waals surface area contributed by atoms with Crippen LogP contribution in [0.2, 0.25) is 0 Å². The van der Waals surface area contributed by atoms with Crippen LogP contribution in [0, 0.1) is 39.9 Å². The number of rotatable bonds is 1. The third-order valence-corrected chi connectivity index (χ3v) is 7.61. The molecular formula is C20H24O5. The second-order valence-corrected chi connectivity index (χ2v) is 8.97. The fourth-order valence-electron chi connectivity index (χ4n) is 6.25. The molecule has 4 rings (SSSR count). The number of carbonyl (C=O) groups excluding carboxylic acids is 4. The van der Waals surface area contributed by atoms with Gasteiger partial charge in [-0.3, -0.25) is 14.4 Å². The minimum atomic E-state index is -1.24. The average molecular weight is 344 g/mol. The lowest BCUT2D eigenvalue weighted by atomic mass is 9.46. The fraction of sp³-hybridized carbons (Fsp3) is 0.700. The van der Waals surface area contributed by atoms with E-state index in [9.17, 15) is 19.2 Å². The van der Waals surface area contributed by atoms with E-state index in [2.05, 4.69) is 0 Å². The maximum atomic E-state index is 13.1. The Bertz CT molecular complexity index is 720. The van der Waals surface area contributed by atoms with Gasteiger partial charge in [-0.15, -0.1) is 0 Å². The molecule has 134 valence electrons. The highest BCUT2D eigenvalue weighted by Gasteiger charge is 2.74. The van der Waals surface area contributed by atoms with E-state index in [-0.39, 0.29) is 30.0 Å². The first-order valence-corrected chi connectivity index (χ1v) is 9.12. The summed E-state index contributed by atoms with van der Waals surface area (Å²) in [5, 5.41) is 0. The van der Waals surface area contributed by atoms with Crippen LogP contribution in [0.3, 0.4) is 0 Å². The van der Waals surface area contributed by atoms with Crippen molar-refractivity contribution in [3.05, 3.63) is 12.2 Å². The SMILES string of the molecule is C[C@@H]1C(=O)[C@]23C[C@H]1CC[C@H]2[C@]1(COC3=O)C(=O)C=CC(C)(C)[C@H]1C=O. The van der Waals surface area contributed by atoms with Gasteiger partial charge < -0.3 is 9.53 Å². The molecule has 5 nitrogen and oxygen atoms in total. The van der Waals surface area contributed by atoms with Gasteiger partial charge in [-0.25, -0.2) is 0 Å². The number of fused-ring (bicyclic) bond motifs is 2. The van der Waals surface area contributed by atoms with Gasteiger partial charge in [0.15, 0.2) is 11.6 Å². The Balaban J connectivity index is 1.94. The molecule has 2 saturated carbocycles. The van der Waals surface area contributed by atoms with E-state index >= 15 is 0 Å². The van der Waals surface area contributed by atoms with E-state index in [1.807, 2.05) is 20.8 Å². The van der Waals surface area contributed by atoms with Crippen LogP contribution in [0.15, 0.2) is 12.2 Å². The summed E-state index contributed by atoms with van der Waals surface area (Å²) in [4.78, 5) is 51.1. The molecular weight excluding hydrogens is 320 g/mol. The monoisotopic (exact) mass is 344 g/mol. The van der Waals surface area contributed by atoms with Crippen molar-refractivity contribution in [2.24, 2.45) is 39.9 Å². The predicted octanol–water partition coefficient (Wildman–Crippen LogP) is 2.13. The van der Waals surface area contributed by atoms with E-state index in [0.29, 0.717) is 12.8 Å². The fourth-order valence-corrected chi connectivity index (χ4v) is 6.25. The molecule has 1 heterocycles. The number of ketones is 2. The highest BCUT2D eigenvalue weighted by atomic mass is 16.5. The lowest BCUT2D eigenvalue weighted by Crippen LogP contribution is -2.66. The number of aldehydes is 1. The molecule has 0 unspecified atom stereocenters. The van der Waals surface area contributed by atoms with Crippen molar-refractivity contribution in [2.75, 3.05) is 6.61 Å². The van der Waals surface area contributed by atoms with Crippen LogP contribution < -0.4 is 0 Å². The third-order valence-electron chi connectivity index (χ3n) is 7.61. The number of hydrogen-bond acceptors (Lipinski definition) is 5. The summed E-state index contributed by atoms with van der Waals surface area (Å²) in [6, 6.07) is 0. The largest absolute Gasteiger partial charge is 0.464 e. The molecule has 2 bridgehead atoms. The minimum Gasteiger partial charge on any atom is -0.464 e. The first-order chi connectivity index (χ1) is 11.7. The standard InChI is InChI=1S/C20H24O5/c1-11-12-4-5-13-19(8-12,16(11)23)17(24)25-10-20(13)14(9-21)18(2,3)7-6-15(20)22/h6-7,9,11-14H,4-5,8,10H2,1-3H3/t11-,12+,13+,14+,19-,20-/m0/s1. The molecule has 3 fully saturated rings. The Kier molecular flexibility index (Phi) is 3.26. The van der Waals surface area contributed by atoms with E-state index in [4.69, 9.17) is 4.74 Å². The summed E-state index contributed by atoms with van der Waals surface area (Å²) in [6.45, 7) is 5.62. The second-order valence-electron chi connectivity index (χ2n) is 8.97. The Hall–Kier alpha value is -1.78. The number of Topliss-reactive ketones (excluding diaryl/α,β-unsaturated/α-hetero) is 1. The maximum absolute atomic E-state index is 13.1. The molecule has 5 heteroatoms. The maximum Gasteiger partial charge on any atom is 0.320 e. The number of hydrogen-bond donors (Lipinski definition) is 0. The number of ether oxygens (including phenoxy) is 1. The zero-order valence-corrected chi connectivity index (χ0v) is 14.9. The zero-order valence-electron chi connectivity index (χ0n) is 14.9. The van der Waals surface area contributed by atoms with E-state index < -0.39 is 34.1 Å². The second kappa shape index (κ2) is 4.89. The molecule has 6 atom stereocenters. The topological polar surface area (TPSA) is 77.5 Å². The summed E-state index contributed by atoms with van der Waals surface area (Å²) in [5.74, 6) is -1.81. The van der Waals surface area contributed by atoms with Gasteiger partial charge in [0.05, 0.1) is 5.41 Å². The number of esters is 1. The Morgan fingerprint density at radius 2 is 1.92 bits per heavy atom. The molecule has 3 aliphatic carbocycles. The van der Waals surface area contributed by atoms with Crippen molar-refractivity contribution in [3.8, 4) is 0 Å². The predicted molar refractivity (Wildman–Crippen MR) is 88.3 cm³/mol. The third kappa shape index (κ3) is 1.74. The van der Waals surface area contributed by atoms with Gasteiger partial charge >= 0.3 is 5.97 Å². The molecule has 0 N–H and O–H groups in total. The molecule has 1 saturated heterocycles. The summed E-state index contributed by atoms with van der Waals surface area (Å²) in [5.41, 5.74) is -2.87. The Morgan fingerprint density at radius 1 is 1.20 bits per heavy atom. The number of carbonyl (C=O) groups is 4. The van der Waals surface area contributed by atoms with Gasteiger partial charge in [0.25, 0.3) is 0 Å². The highest BCUT2D eigenvalue weighted by molar-refractivity contribution is 6.10. The molecule has 25 heavy (non-hydrogen) atoms. The molecule has 0 amide bonds. The molecule has 1 aliphatic heterocycles. The van der Waals surface area contributed by atoms with E-state index in [0.717, 1.165) is 12.7 Å². The highest BCUT2D eigenvalue weighted by Crippen LogP contribution is 2.66. The van der Waals surface area contributed by atoms with E-state index in [1.54, 1.807) is 6.08 Å². The first kappa shape index (κ1) is 16.7. The van der Waals surface area contributed by atoms with Crippen molar-refractivity contribution in [2.45, 2.75) is 40.0 Å². The molecule has 4 aliphatic rings. The van der Waals surface area contributed by atoms with Crippen molar-refractivity contribution in [1.82, 2.24) is 0 Å². The summed E-state index contributed by atoms with van der Waals surface area (Å²) >= 11 is 0. The van der Waals surface area contributed by atoms with Crippen LogP contribution >= 0.6 is 0 Å². The summed E-state index contributed by atoms with van der Waals surface area (Å²) < 4.78 is 5.50. The smallest absolute Gasteiger partial charge is 0.320 e. The summed E-state index contributed by atoms with van der Waals surface area (Å²) in [6.07, 6.45) is 6.03. The van der Waals surface area contributed by atoms with Crippen molar-refractivity contribution >= 4 is 23.8 Å². The lowest BCUT2D eigenvalue weighted by molar-refractivity contribution is -0.202. The molecule has 0 aromatic carbocycles. The van der Waals surface area contributed by atoms with Crippen LogP contribution in [-0.4, -0.2) is 30.4 Å². The number of cyclic esters (lactones) is 1. The Morgan fingerprint density at radius 3 is 2.60 bits per heavy atom. The van der Waals surface area contributed by atoms with Crippen molar-refractivity contribution in [3.63, 3.8) is 0 Å². The number of allylic oxidation sites excluding steroid dienone is 2. The first-order valence-electron chi connectivity index (χ1n) is 9.12. The minimum absolute atomic E-state index is 0.0890. The van der Waals surface area contributed by atoms with Gasteiger partial charge in [-0.1, -0.05) is 26.8 Å². The summed E-state index contributed by atoms with van der Waals surface area (Å²) in [7, 11) is 0. The average Bonchev–Trinajstić information content (AvgIpc) is 2.77. The van der Waals surface area contributed by atoms with Crippen LogP contribution in [0.4, 0.5) is 0 Å². The van der Waals surface area contributed by atoms with Crippen LogP contribution in [-0.2, 0) is 23.9 Å². The van der Waals surface area contributed by atoms with Crippen LogP contribution in [0.25, 0.3) is 0 Å². The molecule has 0 aromatic rings. The van der Waals surface area contributed by atoms with Gasteiger partial charge in [-0.2, -0.15) is 0 Å². The van der Waals surface area contributed by atoms with Gasteiger partial charge in [0, 0.05) is 11.8 Å². The van der Waals surface area contributed by atoms with Crippen LogP contribution in [0.1, 0.15) is 40.0 Å². The molecule has 0 aromatic heterocycles. The molecule has 2 spiro atoms. The normalized spacial score (nSPS) is 47.6. The quantitative estimate of drug-likeness (QED) is 0.414. The Labute approximate surface area is 147 Å². The zero-order chi connectivity index (χ0) is 18.2. The molecule has 0 radical (unpaired) electrons. The van der Waals surface area contributed by atoms with Crippen LogP contribution in [0.5, 0.6) is 0 Å².